The van der Waals surface area contributed by atoms with Crippen LogP contribution >= 0.6 is 0 Å². The Balaban J connectivity index is 0.000000477. The number of nitrogens with one attached hydrogen (secondary N) is 1. The molecule has 1 N–H and O–H groups in total. The first-order valence-corrected chi connectivity index (χ1v) is 8.90. The third-order valence-electron chi connectivity index (χ3n) is 3.67. The van der Waals surface area contributed by atoms with Crippen molar-refractivity contribution < 1.29 is 24.0 Å². The molecule has 1 fully saturated rings. The number of hydrogen-bond donors (Lipinski definition) is 1. The third-order valence-corrected chi connectivity index (χ3v) is 3.67. The molecule has 0 aliphatic carbocycles. The van der Waals surface area contributed by atoms with E-state index in [2.05, 4.69) is 5.32 Å². The predicted octanol–water partition coefficient (Wildman–Crippen LogP) is 1.63. The van der Waals surface area contributed by atoms with E-state index < -0.39 is 0 Å². The van der Waals surface area contributed by atoms with Gasteiger partial charge in [0.15, 0.2) is 11.6 Å². The number of rotatable bonds is 9. The fraction of sp³-hybridized carbons (Fsp3) is 0.722. The minimum absolute atomic E-state index is 0.0319. The molecular weight excluding hydrogens is 324 g/mol. The highest BCUT2D eigenvalue weighted by Gasteiger charge is 2.36. The van der Waals surface area contributed by atoms with Gasteiger partial charge in [0.2, 0.25) is 17.7 Å². The molecule has 0 aromatic carbocycles. The number of Topliss-reactive ketones (excluding diaryl/α,β-unsaturated/α-hetero) is 2. The molecule has 1 rings (SSSR count). The van der Waals surface area contributed by atoms with E-state index in [1.165, 1.54) is 0 Å². The molecule has 0 spiro atoms. The summed E-state index contributed by atoms with van der Waals surface area (Å²) in [5, 5.41) is 2.53. The molecule has 1 atom stereocenters. The molecule has 1 aliphatic heterocycles. The van der Waals surface area contributed by atoms with E-state index in [0.717, 1.165) is 17.7 Å². The molecule has 1 aliphatic rings. The van der Waals surface area contributed by atoms with E-state index in [-0.39, 0.29) is 54.7 Å². The summed E-state index contributed by atoms with van der Waals surface area (Å²) in [5.74, 6) is -0.671. The van der Waals surface area contributed by atoms with E-state index in [1.807, 2.05) is 13.8 Å². The zero-order chi connectivity index (χ0) is 19.4. The maximum absolute atomic E-state index is 11.4. The minimum atomic E-state index is -0.253. The summed E-state index contributed by atoms with van der Waals surface area (Å²) < 4.78 is 0. The zero-order valence-electron chi connectivity index (χ0n) is 15.7. The van der Waals surface area contributed by atoms with Crippen molar-refractivity contribution in [3.05, 3.63) is 0 Å². The van der Waals surface area contributed by atoms with E-state index in [9.17, 15) is 24.0 Å². The van der Waals surface area contributed by atoms with Crippen LogP contribution in [0.2, 0.25) is 0 Å². The topological polar surface area (TPSA) is 101 Å². The fourth-order valence-corrected chi connectivity index (χ4v) is 2.24. The molecule has 7 nitrogen and oxygen atoms in total. The minimum Gasteiger partial charge on any atom is -0.349 e. The highest BCUT2D eigenvalue weighted by Crippen LogP contribution is 2.18. The van der Waals surface area contributed by atoms with E-state index in [1.54, 1.807) is 13.8 Å². The Kier molecular flexibility index (Phi) is 11.3. The molecule has 3 amide bonds. The summed E-state index contributed by atoms with van der Waals surface area (Å²) in [5.41, 5.74) is 0. The van der Waals surface area contributed by atoms with Crippen LogP contribution in [-0.4, -0.2) is 47.3 Å². The zero-order valence-corrected chi connectivity index (χ0v) is 15.7. The molecule has 0 saturated carbocycles. The smallest absolute Gasteiger partial charge is 0.232 e. The van der Waals surface area contributed by atoms with Crippen molar-refractivity contribution in [2.24, 2.45) is 5.92 Å². The number of carbonyl (C=O) groups is 5. The van der Waals surface area contributed by atoms with E-state index in [0.29, 0.717) is 19.3 Å². The van der Waals surface area contributed by atoms with E-state index in [4.69, 9.17) is 0 Å². The standard InChI is InChI=1S/C10H15NO3.C8H15NO2/c1-3-4-8(12)6-11-9(13)5-7(2)10(11)14;1-3-5-7(10)6-9-8(11)4-2/h7H,3-6H2,1-2H3;3-6H2,1-2H3,(H,9,11). The van der Waals surface area contributed by atoms with Gasteiger partial charge in [-0.3, -0.25) is 28.9 Å². The van der Waals surface area contributed by atoms with Crippen molar-refractivity contribution in [1.82, 2.24) is 10.2 Å². The Morgan fingerprint density at radius 1 is 1.04 bits per heavy atom. The lowest BCUT2D eigenvalue weighted by atomic mass is 10.1. The summed E-state index contributed by atoms with van der Waals surface area (Å²) in [6.07, 6.45) is 3.29. The van der Waals surface area contributed by atoms with Gasteiger partial charge in [-0.15, -0.1) is 0 Å². The van der Waals surface area contributed by atoms with Crippen LogP contribution in [0.3, 0.4) is 0 Å². The molecule has 0 aromatic heterocycles. The van der Waals surface area contributed by atoms with Crippen LogP contribution in [0.4, 0.5) is 0 Å². The van der Waals surface area contributed by atoms with Crippen molar-refractivity contribution in [3.8, 4) is 0 Å². The van der Waals surface area contributed by atoms with Crippen LogP contribution in [0.1, 0.15) is 66.2 Å². The summed E-state index contributed by atoms with van der Waals surface area (Å²) in [4.78, 5) is 56.5. The van der Waals surface area contributed by atoms with Gasteiger partial charge in [-0.25, -0.2) is 0 Å². The lowest BCUT2D eigenvalue weighted by Gasteiger charge is -2.12. The molecule has 7 heteroatoms. The summed E-state index contributed by atoms with van der Waals surface area (Å²) in [6, 6.07) is 0. The van der Waals surface area contributed by atoms with Crippen molar-refractivity contribution >= 4 is 29.3 Å². The first kappa shape index (κ1) is 22.9. The highest BCUT2D eigenvalue weighted by atomic mass is 16.2. The van der Waals surface area contributed by atoms with Gasteiger partial charge in [0.05, 0.1) is 13.1 Å². The lowest BCUT2D eigenvalue weighted by molar-refractivity contribution is -0.142. The molecule has 0 radical (unpaired) electrons. The SMILES string of the molecule is CCCC(=O)CN1C(=O)CC(C)C1=O.CCCC(=O)CNC(=O)CC. The quantitative estimate of drug-likeness (QED) is 0.634. The second-order valence-electron chi connectivity index (χ2n) is 6.13. The average molecular weight is 354 g/mol. The Hall–Kier alpha value is -2.05. The number of ketones is 2. The van der Waals surface area contributed by atoms with Gasteiger partial charge in [0, 0.05) is 31.6 Å². The number of hydrogen-bond acceptors (Lipinski definition) is 5. The Morgan fingerprint density at radius 3 is 2.04 bits per heavy atom. The van der Waals surface area contributed by atoms with Crippen LogP contribution < -0.4 is 5.32 Å². The van der Waals surface area contributed by atoms with Crippen LogP contribution in [0.25, 0.3) is 0 Å². The molecule has 0 aromatic rings. The van der Waals surface area contributed by atoms with Crippen LogP contribution in [-0.2, 0) is 24.0 Å². The monoisotopic (exact) mass is 354 g/mol. The highest BCUT2D eigenvalue weighted by molar-refractivity contribution is 6.05. The van der Waals surface area contributed by atoms with E-state index >= 15 is 0 Å². The molecule has 1 saturated heterocycles. The molecule has 0 bridgehead atoms. The van der Waals surface area contributed by atoms with Crippen molar-refractivity contribution in [2.75, 3.05) is 13.1 Å². The van der Waals surface area contributed by atoms with Crippen LogP contribution in [0, 0.1) is 5.92 Å². The van der Waals surface area contributed by atoms with Gasteiger partial charge in [-0.1, -0.05) is 27.7 Å². The van der Waals surface area contributed by atoms with Gasteiger partial charge in [0.1, 0.15) is 0 Å². The fourth-order valence-electron chi connectivity index (χ4n) is 2.24. The van der Waals surface area contributed by atoms with Crippen molar-refractivity contribution in [1.29, 1.82) is 0 Å². The maximum Gasteiger partial charge on any atom is 0.232 e. The number of imide groups is 1. The summed E-state index contributed by atoms with van der Waals surface area (Å²) in [7, 11) is 0. The van der Waals surface area contributed by atoms with Crippen molar-refractivity contribution in [2.45, 2.75) is 66.2 Å². The second kappa shape index (κ2) is 12.3. The largest absolute Gasteiger partial charge is 0.349 e. The van der Waals surface area contributed by atoms with Crippen LogP contribution in [0.15, 0.2) is 0 Å². The first-order chi connectivity index (χ1) is 11.8. The molecule has 1 unspecified atom stereocenters. The Bertz CT molecular complexity index is 502. The van der Waals surface area contributed by atoms with Crippen molar-refractivity contribution in [3.63, 3.8) is 0 Å². The number of carbonyl (C=O) groups excluding carboxylic acids is 5. The van der Waals surface area contributed by atoms with Gasteiger partial charge >= 0.3 is 0 Å². The molecule has 142 valence electrons. The van der Waals surface area contributed by atoms with Gasteiger partial charge in [0.25, 0.3) is 0 Å². The van der Waals surface area contributed by atoms with Gasteiger partial charge < -0.3 is 5.32 Å². The molecule has 25 heavy (non-hydrogen) atoms. The number of amides is 3. The summed E-state index contributed by atoms with van der Waals surface area (Å²) in [6.45, 7) is 7.48. The maximum atomic E-state index is 11.4. The summed E-state index contributed by atoms with van der Waals surface area (Å²) >= 11 is 0. The average Bonchev–Trinajstić information content (AvgIpc) is 2.80. The second-order valence-corrected chi connectivity index (χ2v) is 6.13. The van der Waals surface area contributed by atoms with Gasteiger partial charge in [-0.2, -0.15) is 0 Å². The normalized spacial score (nSPS) is 16.3. The molecular formula is C18H30N2O5. The number of likely N-dealkylation sites (tertiary alicyclic amines) is 1. The first-order valence-electron chi connectivity index (χ1n) is 8.90. The third kappa shape index (κ3) is 9.12. The Labute approximate surface area is 149 Å². The Morgan fingerprint density at radius 2 is 1.60 bits per heavy atom. The van der Waals surface area contributed by atoms with Gasteiger partial charge in [-0.05, 0) is 12.8 Å². The molecule has 1 heterocycles. The van der Waals surface area contributed by atoms with Crippen LogP contribution in [0.5, 0.6) is 0 Å². The number of nitrogens with zero attached hydrogens (tertiary/aromatic N) is 1. The lowest BCUT2D eigenvalue weighted by Crippen LogP contribution is -2.35. The predicted molar refractivity (Wildman–Crippen MR) is 93.6 cm³/mol.